The molecule has 11 heteroatoms. The van der Waals surface area contributed by atoms with Crippen molar-refractivity contribution < 1.29 is 9.47 Å². The topological polar surface area (TPSA) is 119 Å². The molecule has 0 bridgehead atoms. The Kier molecular flexibility index (Phi) is 6.12. The van der Waals surface area contributed by atoms with Crippen LogP contribution in [-0.4, -0.2) is 83.0 Å². The number of ether oxygens (including phenoxy) is 2. The van der Waals surface area contributed by atoms with E-state index in [1.807, 2.05) is 38.1 Å². The number of rotatable bonds is 6. The molecule has 1 saturated heterocycles. The van der Waals surface area contributed by atoms with Crippen molar-refractivity contribution in [1.82, 2.24) is 29.8 Å². The van der Waals surface area contributed by atoms with Crippen LogP contribution in [0.25, 0.3) is 11.3 Å². The van der Waals surface area contributed by atoms with Crippen LogP contribution >= 0.6 is 0 Å². The van der Waals surface area contributed by atoms with Gasteiger partial charge in [0.2, 0.25) is 17.8 Å². The molecule has 0 aliphatic carbocycles. The van der Waals surface area contributed by atoms with Gasteiger partial charge in [-0.1, -0.05) is 0 Å². The molecule has 2 aliphatic rings. The molecule has 3 aromatic rings. The van der Waals surface area contributed by atoms with Crippen molar-refractivity contribution in [3.8, 4) is 17.1 Å². The van der Waals surface area contributed by atoms with E-state index in [4.69, 9.17) is 25.2 Å². The molecule has 5 heterocycles. The van der Waals surface area contributed by atoms with Crippen molar-refractivity contribution in [1.29, 1.82) is 0 Å². The molecule has 1 fully saturated rings. The molecule has 2 aliphatic heterocycles. The average molecular weight is 464 g/mol. The van der Waals surface area contributed by atoms with Crippen molar-refractivity contribution in [3.63, 3.8) is 0 Å². The highest BCUT2D eigenvalue weighted by Crippen LogP contribution is 2.39. The summed E-state index contributed by atoms with van der Waals surface area (Å²) in [6.45, 7) is 5.55. The summed E-state index contributed by atoms with van der Waals surface area (Å²) in [7, 11) is 3.94. The molecule has 0 aromatic carbocycles. The monoisotopic (exact) mass is 463 g/mol. The fraction of sp³-hybridized carbons (Fsp3) is 0.435. The fourth-order valence-electron chi connectivity index (χ4n) is 4.01. The van der Waals surface area contributed by atoms with Crippen molar-refractivity contribution in [2.24, 2.45) is 0 Å². The van der Waals surface area contributed by atoms with Crippen LogP contribution in [0, 0.1) is 0 Å². The van der Waals surface area contributed by atoms with Crippen LogP contribution in [0.2, 0.25) is 0 Å². The minimum absolute atomic E-state index is 0.0963. The van der Waals surface area contributed by atoms with Crippen molar-refractivity contribution in [2.45, 2.75) is 19.6 Å². The fourth-order valence-corrected chi connectivity index (χ4v) is 4.01. The summed E-state index contributed by atoms with van der Waals surface area (Å²) in [4.78, 5) is 29.0. The summed E-state index contributed by atoms with van der Waals surface area (Å²) in [6.07, 6.45) is 5.91. The Labute approximate surface area is 198 Å². The van der Waals surface area contributed by atoms with Gasteiger partial charge in [0, 0.05) is 61.1 Å². The van der Waals surface area contributed by atoms with Crippen LogP contribution in [0.3, 0.4) is 0 Å². The lowest BCUT2D eigenvalue weighted by Crippen LogP contribution is -2.37. The van der Waals surface area contributed by atoms with Crippen molar-refractivity contribution in [3.05, 3.63) is 36.3 Å². The Balaban J connectivity index is 1.55. The van der Waals surface area contributed by atoms with E-state index in [1.54, 1.807) is 18.6 Å². The Bertz CT molecular complexity index is 1150. The SMILES string of the molecule is CC(Oc1cc(N2CCc3c(-c4cnc(N)nc4)nc(N4CCOCC4)nc32)ccn1)N(C)C. The van der Waals surface area contributed by atoms with Gasteiger partial charge in [-0.2, -0.15) is 4.98 Å². The van der Waals surface area contributed by atoms with Gasteiger partial charge in [0.1, 0.15) is 5.82 Å². The molecule has 34 heavy (non-hydrogen) atoms. The van der Waals surface area contributed by atoms with Crippen LogP contribution in [0.4, 0.5) is 23.4 Å². The molecule has 0 amide bonds. The average Bonchev–Trinajstić information content (AvgIpc) is 3.29. The summed E-state index contributed by atoms with van der Waals surface area (Å²) in [5.74, 6) is 2.36. The quantitative estimate of drug-likeness (QED) is 0.538. The zero-order chi connectivity index (χ0) is 23.7. The molecular weight excluding hydrogens is 434 g/mol. The Morgan fingerprint density at radius 1 is 1.09 bits per heavy atom. The number of hydrogen-bond acceptors (Lipinski definition) is 11. The van der Waals surface area contributed by atoms with Crippen LogP contribution in [-0.2, 0) is 11.2 Å². The van der Waals surface area contributed by atoms with Gasteiger partial charge in [-0.25, -0.2) is 19.9 Å². The van der Waals surface area contributed by atoms with Crippen LogP contribution in [0.5, 0.6) is 5.88 Å². The van der Waals surface area contributed by atoms with E-state index in [9.17, 15) is 0 Å². The first-order valence-electron chi connectivity index (χ1n) is 11.4. The van der Waals surface area contributed by atoms with E-state index in [1.165, 1.54) is 0 Å². The normalized spacial score (nSPS) is 16.6. The van der Waals surface area contributed by atoms with Gasteiger partial charge in [-0.15, -0.1) is 0 Å². The second kappa shape index (κ2) is 9.35. The van der Waals surface area contributed by atoms with Crippen LogP contribution in [0.1, 0.15) is 12.5 Å². The number of aromatic nitrogens is 5. The molecule has 2 N–H and O–H groups in total. The lowest BCUT2D eigenvalue weighted by Gasteiger charge is -2.28. The Morgan fingerprint density at radius 2 is 1.85 bits per heavy atom. The highest BCUT2D eigenvalue weighted by Gasteiger charge is 2.29. The van der Waals surface area contributed by atoms with E-state index < -0.39 is 0 Å². The molecule has 178 valence electrons. The maximum atomic E-state index is 5.99. The summed E-state index contributed by atoms with van der Waals surface area (Å²) >= 11 is 0. The molecule has 0 saturated carbocycles. The van der Waals surface area contributed by atoms with Crippen molar-refractivity contribution in [2.75, 3.05) is 62.5 Å². The Morgan fingerprint density at radius 3 is 2.59 bits per heavy atom. The molecule has 0 radical (unpaired) electrons. The maximum Gasteiger partial charge on any atom is 0.228 e. The lowest BCUT2D eigenvalue weighted by molar-refractivity contribution is 0.0769. The van der Waals surface area contributed by atoms with E-state index in [0.29, 0.717) is 25.0 Å². The van der Waals surface area contributed by atoms with Gasteiger partial charge in [-0.05, 0) is 33.5 Å². The number of pyridine rings is 1. The first-order chi connectivity index (χ1) is 16.5. The minimum atomic E-state index is -0.0963. The second-order valence-corrected chi connectivity index (χ2v) is 8.54. The van der Waals surface area contributed by atoms with Gasteiger partial charge in [0.25, 0.3) is 0 Å². The van der Waals surface area contributed by atoms with E-state index in [2.05, 4.69) is 24.8 Å². The van der Waals surface area contributed by atoms with E-state index in [-0.39, 0.29) is 12.2 Å². The minimum Gasteiger partial charge on any atom is -0.459 e. The van der Waals surface area contributed by atoms with Gasteiger partial charge in [0.05, 0.1) is 18.9 Å². The first-order valence-corrected chi connectivity index (χ1v) is 11.4. The van der Waals surface area contributed by atoms with E-state index in [0.717, 1.165) is 54.4 Å². The van der Waals surface area contributed by atoms with Gasteiger partial charge in [0.15, 0.2) is 6.23 Å². The number of hydrogen-bond donors (Lipinski definition) is 1. The van der Waals surface area contributed by atoms with Crippen molar-refractivity contribution >= 4 is 23.4 Å². The molecule has 1 unspecified atom stereocenters. The van der Waals surface area contributed by atoms with Gasteiger partial charge < -0.3 is 25.0 Å². The molecule has 3 aromatic heterocycles. The van der Waals surface area contributed by atoms with Crippen LogP contribution in [0.15, 0.2) is 30.7 Å². The third-order valence-electron chi connectivity index (χ3n) is 6.10. The van der Waals surface area contributed by atoms with Gasteiger partial charge >= 0.3 is 0 Å². The zero-order valence-electron chi connectivity index (χ0n) is 19.7. The number of nitrogens with zero attached hydrogens (tertiary/aromatic N) is 8. The zero-order valence-corrected chi connectivity index (χ0v) is 19.7. The standard InChI is InChI=1S/C23H29N9O2/c1-15(30(2)3)34-19-12-17(4-6-25-19)32-7-5-18-20(16-13-26-22(24)27-14-16)28-23(29-21(18)32)31-8-10-33-11-9-31/h4,6,12-15H,5,7-11H2,1-3H3,(H2,24,26,27). The lowest BCUT2D eigenvalue weighted by atomic mass is 10.1. The molecule has 0 spiro atoms. The first kappa shape index (κ1) is 22.2. The predicted molar refractivity (Wildman–Crippen MR) is 129 cm³/mol. The highest BCUT2D eigenvalue weighted by molar-refractivity contribution is 5.76. The summed E-state index contributed by atoms with van der Waals surface area (Å²) < 4.78 is 11.5. The highest BCUT2D eigenvalue weighted by atomic mass is 16.5. The van der Waals surface area contributed by atoms with E-state index >= 15 is 0 Å². The number of nitrogen functional groups attached to an aromatic ring is 1. The third kappa shape index (κ3) is 4.44. The maximum absolute atomic E-state index is 5.99. The number of nitrogens with two attached hydrogens (primary N) is 1. The summed E-state index contributed by atoms with van der Waals surface area (Å²) in [6, 6.07) is 3.93. The largest absolute Gasteiger partial charge is 0.459 e. The predicted octanol–water partition coefficient (Wildman–Crippen LogP) is 1.73. The summed E-state index contributed by atoms with van der Waals surface area (Å²) in [5, 5.41) is 0. The molecular formula is C23H29N9O2. The van der Waals surface area contributed by atoms with Crippen LogP contribution < -0.4 is 20.3 Å². The molecule has 1 atom stereocenters. The smallest absolute Gasteiger partial charge is 0.228 e. The number of morpholine rings is 1. The second-order valence-electron chi connectivity index (χ2n) is 8.54. The molecule has 11 nitrogen and oxygen atoms in total. The van der Waals surface area contributed by atoms with Gasteiger partial charge in [-0.3, -0.25) is 4.90 Å². The number of anilines is 4. The summed E-state index contributed by atoms with van der Waals surface area (Å²) in [5.41, 5.74) is 9.41. The Hall–Kier alpha value is -3.57. The number of fused-ring (bicyclic) bond motifs is 1. The molecule has 5 rings (SSSR count). The third-order valence-corrected chi connectivity index (χ3v) is 6.10.